The molecule has 1 aromatic rings. The molecule has 2 rings (SSSR count). The minimum absolute atomic E-state index is 0.157. The van der Waals surface area contributed by atoms with Gasteiger partial charge in [-0.25, -0.2) is 0 Å². The fraction of sp³-hybridized carbons (Fsp3) is 0.647. The van der Waals surface area contributed by atoms with Gasteiger partial charge in [0.05, 0.1) is 5.69 Å². The molecular formula is C17H27BrN2. The normalized spacial score (nSPS) is 18.6. The summed E-state index contributed by atoms with van der Waals surface area (Å²) in [4.78, 5) is 2.49. The van der Waals surface area contributed by atoms with Gasteiger partial charge in [0, 0.05) is 29.6 Å². The molecule has 1 aliphatic heterocycles. The Hall–Kier alpha value is -0.540. The number of halogens is 1. The van der Waals surface area contributed by atoms with Gasteiger partial charge in [-0.15, -0.1) is 0 Å². The highest BCUT2D eigenvalue weighted by Crippen LogP contribution is 2.36. The molecule has 1 saturated heterocycles. The zero-order valence-corrected chi connectivity index (χ0v) is 15.0. The summed E-state index contributed by atoms with van der Waals surface area (Å²) in [6, 6.07) is 6.74. The number of benzene rings is 1. The van der Waals surface area contributed by atoms with Crippen molar-refractivity contribution in [1.29, 1.82) is 0 Å². The quantitative estimate of drug-likeness (QED) is 0.868. The fourth-order valence-electron chi connectivity index (χ4n) is 2.60. The molecule has 0 saturated carbocycles. The van der Waals surface area contributed by atoms with E-state index in [0.29, 0.717) is 5.41 Å². The second-order valence-corrected chi connectivity index (χ2v) is 8.58. The first-order valence-electron chi connectivity index (χ1n) is 7.45. The van der Waals surface area contributed by atoms with Crippen LogP contribution in [0.1, 0.15) is 46.6 Å². The average Bonchev–Trinajstić information content (AvgIpc) is 2.66. The maximum absolute atomic E-state index is 3.75. The van der Waals surface area contributed by atoms with Crippen molar-refractivity contribution in [2.45, 2.75) is 53.1 Å². The van der Waals surface area contributed by atoms with Gasteiger partial charge in [0.25, 0.3) is 0 Å². The molecule has 2 nitrogen and oxygen atoms in total. The maximum Gasteiger partial charge on any atom is 0.0511 e. The highest BCUT2D eigenvalue weighted by atomic mass is 79.9. The van der Waals surface area contributed by atoms with Crippen molar-refractivity contribution in [2.24, 2.45) is 5.41 Å². The molecule has 0 radical (unpaired) electrons. The lowest BCUT2D eigenvalue weighted by molar-refractivity contribution is 0.418. The average molecular weight is 339 g/mol. The molecule has 1 aliphatic rings. The molecule has 1 heterocycles. The van der Waals surface area contributed by atoms with Crippen LogP contribution in [0.4, 0.5) is 5.69 Å². The van der Waals surface area contributed by atoms with Gasteiger partial charge in [-0.2, -0.15) is 0 Å². The van der Waals surface area contributed by atoms with Crippen LogP contribution in [0.2, 0.25) is 0 Å². The van der Waals surface area contributed by atoms with E-state index in [4.69, 9.17) is 0 Å². The van der Waals surface area contributed by atoms with Crippen LogP contribution in [0, 0.1) is 5.41 Å². The Bertz CT molecular complexity index is 474. The van der Waals surface area contributed by atoms with Crippen LogP contribution in [0.3, 0.4) is 0 Å². The SMILES string of the molecule is CC1(C)CCN(c2ccc(CNC(C)(C)C)cc2Br)C1. The minimum Gasteiger partial charge on any atom is -0.370 e. The van der Waals surface area contributed by atoms with Gasteiger partial charge in [0.1, 0.15) is 0 Å². The molecule has 1 N–H and O–H groups in total. The molecule has 0 aromatic heterocycles. The highest BCUT2D eigenvalue weighted by molar-refractivity contribution is 9.10. The third-order valence-electron chi connectivity index (χ3n) is 3.85. The lowest BCUT2D eigenvalue weighted by atomic mass is 9.93. The predicted octanol–water partition coefficient (Wildman–Crippen LogP) is 4.57. The predicted molar refractivity (Wildman–Crippen MR) is 91.3 cm³/mol. The largest absolute Gasteiger partial charge is 0.370 e. The van der Waals surface area contributed by atoms with Gasteiger partial charge in [-0.3, -0.25) is 0 Å². The van der Waals surface area contributed by atoms with Crippen molar-refractivity contribution < 1.29 is 0 Å². The van der Waals surface area contributed by atoms with Crippen molar-refractivity contribution in [1.82, 2.24) is 5.32 Å². The molecule has 1 fully saturated rings. The van der Waals surface area contributed by atoms with Crippen molar-refractivity contribution in [3.8, 4) is 0 Å². The molecule has 20 heavy (non-hydrogen) atoms. The molecular weight excluding hydrogens is 312 g/mol. The zero-order chi connectivity index (χ0) is 15.0. The fourth-order valence-corrected chi connectivity index (χ4v) is 3.28. The molecule has 0 spiro atoms. The minimum atomic E-state index is 0.157. The maximum atomic E-state index is 3.75. The van der Waals surface area contributed by atoms with E-state index in [-0.39, 0.29) is 5.54 Å². The first kappa shape index (κ1) is 15.8. The third kappa shape index (κ3) is 4.23. The lowest BCUT2D eigenvalue weighted by Gasteiger charge is -2.24. The monoisotopic (exact) mass is 338 g/mol. The van der Waals surface area contributed by atoms with Crippen molar-refractivity contribution in [3.63, 3.8) is 0 Å². The Morgan fingerprint density at radius 2 is 2.00 bits per heavy atom. The van der Waals surface area contributed by atoms with E-state index in [0.717, 1.165) is 19.6 Å². The summed E-state index contributed by atoms with van der Waals surface area (Å²) >= 11 is 3.75. The molecule has 0 bridgehead atoms. The summed E-state index contributed by atoms with van der Waals surface area (Å²) in [7, 11) is 0. The molecule has 3 heteroatoms. The van der Waals surface area contributed by atoms with Gasteiger partial charge in [0.15, 0.2) is 0 Å². The molecule has 0 atom stereocenters. The number of hydrogen-bond acceptors (Lipinski definition) is 2. The Morgan fingerprint density at radius 3 is 2.50 bits per heavy atom. The molecule has 0 amide bonds. The molecule has 1 aromatic carbocycles. The summed E-state index contributed by atoms with van der Waals surface area (Å²) in [6.45, 7) is 14.5. The van der Waals surface area contributed by atoms with Crippen LogP contribution >= 0.6 is 15.9 Å². The van der Waals surface area contributed by atoms with Crippen LogP contribution in [0.25, 0.3) is 0 Å². The second-order valence-electron chi connectivity index (χ2n) is 7.73. The first-order chi connectivity index (χ1) is 9.16. The van der Waals surface area contributed by atoms with E-state index in [1.807, 2.05) is 0 Å². The highest BCUT2D eigenvalue weighted by Gasteiger charge is 2.30. The molecule has 0 unspecified atom stereocenters. The van der Waals surface area contributed by atoms with Gasteiger partial charge in [-0.1, -0.05) is 19.9 Å². The Kier molecular flexibility index (Phi) is 4.50. The van der Waals surface area contributed by atoms with Crippen LogP contribution in [-0.2, 0) is 6.54 Å². The van der Waals surface area contributed by atoms with E-state index in [2.05, 4.69) is 79.0 Å². The third-order valence-corrected chi connectivity index (χ3v) is 4.49. The first-order valence-corrected chi connectivity index (χ1v) is 8.24. The second kappa shape index (κ2) is 5.69. The van der Waals surface area contributed by atoms with Crippen LogP contribution in [0.5, 0.6) is 0 Å². The van der Waals surface area contributed by atoms with E-state index >= 15 is 0 Å². The van der Waals surface area contributed by atoms with E-state index in [9.17, 15) is 0 Å². The van der Waals surface area contributed by atoms with E-state index < -0.39 is 0 Å². The van der Waals surface area contributed by atoms with Crippen LogP contribution in [0.15, 0.2) is 22.7 Å². The van der Waals surface area contributed by atoms with E-state index in [1.54, 1.807) is 0 Å². The summed E-state index contributed by atoms with van der Waals surface area (Å²) in [5.41, 5.74) is 3.25. The summed E-state index contributed by atoms with van der Waals surface area (Å²) in [5.74, 6) is 0. The van der Waals surface area contributed by atoms with Crippen LogP contribution < -0.4 is 10.2 Å². The summed E-state index contributed by atoms with van der Waals surface area (Å²) < 4.78 is 1.21. The van der Waals surface area contributed by atoms with Gasteiger partial charge < -0.3 is 10.2 Å². The van der Waals surface area contributed by atoms with Crippen molar-refractivity contribution in [2.75, 3.05) is 18.0 Å². The van der Waals surface area contributed by atoms with E-state index in [1.165, 1.54) is 22.1 Å². The molecule has 112 valence electrons. The standard InChI is InChI=1S/C17H27BrN2/c1-16(2,3)19-11-13-6-7-15(14(18)10-13)20-9-8-17(4,5)12-20/h6-7,10,19H,8-9,11-12H2,1-5H3. The topological polar surface area (TPSA) is 15.3 Å². The summed E-state index contributed by atoms with van der Waals surface area (Å²) in [5, 5.41) is 3.53. The lowest BCUT2D eigenvalue weighted by Crippen LogP contribution is -2.35. The summed E-state index contributed by atoms with van der Waals surface area (Å²) in [6.07, 6.45) is 1.27. The van der Waals surface area contributed by atoms with Gasteiger partial charge >= 0.3 is 0 Å². The number of hydrogen-bond donors (Lipinski definition) is 1. The Balaban J connectivity index is 2.07. The number of nitrogens with zero attached hydrogens (tertiary/aromatic N) is 1. The Morgan fingerprint density at radius 1 is 1.30 bits per heavy atom. The molecule has 0 aliphatic carbocycles. The van der Waals surface area contributed by atoms with Crippen molar-refractivity contribution in [3.05, 3.63) is 28.2 Å². The Labute approximate surface area is 132 Å². The smallest absolute Gasteiger partial charge is 0.0511 e. The van der Waals surface area contributed by atoms with Gasteiger partial charge in [-0.05, 0) is 66.2 Å². The zero-order valence-electron chi connectivity index (χ0n) is 13.4. The van der Waals surface area contributed by atoms with Gasteiger partial charge in [0.2, 0.25) is 0 Å². The van der Waals surface area contributed by atoms with Crippen LogP contribution in [-0.4, -0.2) is 18.6 Å². The van der Waals surface area contributed by atoms with Crippen molar-refractivity contribution >= 4 is 21.6 Å². The number of nitrogens with one attached hydrogen (secondary N) is 1. The number of rotatable bonds is 3. The number of anilines is 1.